The number of carbonyl (C=O) groups excluding carboxylic acids is 2. The summed E-state index contributed by atoms with van der Waals surface area (Å²) in [6, 6.07) is 4.51. The van der Waals surface area contributed by atoms with E-state index in [0.717, 1.165) is 6.42 Å². The molecule has 1 aliphatic heterocycles. The Morgan fingerprint density at radius 1 is 1.43 bits per heavy atom. The van der Waals surface area contributed by atoms with Gasteiger partial charge in [-0.1, -0.05) is 23.2 Å². The molecule has 1 atom stereocenters. The molecule has 0 aromatic carbocycles. The molecule has 0 saturated carbocycles. The van der Waals surface area contributed by atoms with Crippen molar-refractivity contribution in [2.75, 3.05) is 6.54 Å². The third-order valence-electron chi connectivity index (χ3n) is 3.79. The van der Waals surface area contributed by atoms with E-state index in [1.165, 1.54) is 11.0 Å². The Morgan fingerprint density at radius 2 is 2.26 bits per heavy atom. The lowest BCUT2D eigenvalue weighted by Gasteiger charge is -2.23. The number of likely N-dealkylation sites (tertiary alicyclic amines) is 1. The molecular formula is C15H15Cl2N3O3. The number of halogens is 2. The smallest absolute Gasteiger partial charge is 0.271 e. The molecule has 2 aromatic heterocycles. The highest BCUT2D eigenvalue weighted by molar-refractivity contribution is 6.41. The summed E-state index contributed by atoms with van der Waals surface area (Å²) in [4.78, 5) is 29.2. The van der Waals surface area contributed by atoms with Crippen molar-refractivity contribution < 1.29 is 14.0 Å². The van der Waals surface area contributed by atoms with Crippen molar-refractivity contribution in [1.29, 1.82) is 0 Å². The molecule has 1 fully saturated rings. The number of nitrogens with zero attached hydrogens (tertiary/aromatic N) is 1. The second-order valence-corrected chi connectivity index (χ2v) is 6.08. The van der Waals surface area contributed by atoms with Crippen LogP contribution in [0.2, 0.25) is 10.2 Å². The maximum absolute atomic E-state index is 12.5. The quantitative estimate of drug-likeness (QED) is 0.884. The summed E-state index contributed by atoms with van der Waals surface area (Å²) in [5.74, 6) is 0.183. The highest BCUT2D eigenvalue weighted by Crippen LogP contribution is 2.25. The van der Waals surface area contributed by atoms with Crippen LogP contribution in [0.15, 0.2) is 28.9 Å². The zero-order valence-corrected chi connectivity index (χ0v) is 13.7. The summed E-state index contributed by atoms with van der Waals surface area (Å²) in [5, 5.41) is 3.29. The van der Waals surface area contributed by atoms with Gasteiger partial charge < -0.3 is 19.6 Å². The molecule has 3 rings (SSSR count). The number of furan rings is 1. The molecule has 1 unspecified atom stereocenters. The van der Waals surface area contributed by atoms with E-state index >= 15 is 0 Å². The highest BCUT2D eigenvalue weighted by atomic mass is 35.5. The molecule has 3 heterocycles. The second-order valence-electron chi connectivity index (χ2n) is 5.30. The maximum atomic E-state index is 12.5. The monoisotopic (exact) mass is 355 g/mol. The third kappa shape index (κ3) is 3.38. The van der Waals surface area contributed by atoms with Crippen LogP contribution in [0.1, 0.15) is 29.1 Å². The first kappa shape index (κ1) is 16.0. The molecule has 0 aliphatic carbocycles. The van der Waals surface area contributed by atoms with Gasteiger partial charge >= 0.3 is 0 Å². The van der Waals surface area contributed by atoms with E-state index < -0.39 is 6.04 Å². The lowest BCUT2D eigenvalue weighted by molar-refractivity contribution is -0.125. The van der Waals surface area contributed by atoms with E-state index in [9.17, 15) is 9.59 Å². The lowest BCUT2D eigenvalue weighted by Crippen LogP contribution is -2.45. The van der Waals surface area contributed by atoms with E-state index in [4.69, 9.17) is 27.6 Å². The predicted octanol–water partition coefficient (Wildman–Crippen LogP) is 2.84. The van der Waals surface area contributed by atoms with Crippen LogP contribution in [-0.4, -0.2) is 34.3 Å². The van der Waals surface area contributed by atoms with Crippen molar-refractivity contribution in [2.24, 2.45) is 0 Å². The fourth-order valence-electron chi connectivity index (χ4n) is 2.66. The van der Waals surface area contributed by atoms with Crippen molar-refractivity contribution in [3.8, 4) is 0 Å². The molecule has 0 spiro atoms. The summed E-state index contributed by atoms with van der Waals surface area (Å²) in [7, 11) is 0. The van der Waals surface area contributed by atoms with Crippen molar-refractivity contribution in [3.05, 3.63) is 46.1 Å². The van der Waals surface area contributed by atoms with Crippen LogP contribution in [-0.2, 0) is 11.3 Å². The first-order valence-electron chi connectivity index (χ1n) is 7.21. The summed E-state index contributed by atoms with van der Waals surface area (Å²) >= 11 is 11.7. The van der Waals surface area contributed by atoms with Gasteiger partial charge in [0.05, 0.1) is 17.8 Å². The number of rotatable bonds is 4. The lowest BCUT2D eigenvalue weighted by atomic mass is 10.2. The van der Waals surface area contributed by atoms with E-state index in [1.54, 1.807) is 18.4 Å². The third-order valence-corrected chi connectivity index (χ3v) is 4.48. The van der Waals surface area contributed by atoms with Gasteiger partial charge in [-0.05, 0) is 31.0 Å². The van der Waals surface area contributed by atoms with Crippen LogP contribution in [0.4, 0.5) is 0 Å². The van der Waals surface area contributed by atoms with E-state index in [1.807, 2.05) is 0 Å². The zero-order valence-electron chi connectivity index (χ0n) is 12.1. The number of H-pyrrole nitrogens is 1. The van der Waals surface area contributed by atoms with Crippen LogP contribution in [0.3, 0.4) is 0 Å². The van der Waals surface area contributed by atoms with Gasteiger partial charge in [0, 0.05) is 6.54 Å². The molecule has 2 N–H and O–H groups in total. The average Bonchev–Trinajstić information content (AvgIpc) is 3.26. The summed E-state index contributed by atoms with van der Waals surface area (Å²) in [6.07, 6.45) is 2.94. The van der Waals surface area contributed by atoms with Gasteiger partial charge in [0.15, 0.2) is 0 Å². The topological polar surface area (TPSA) is 78.3 Å². The first-order valence-corrected chi connectivity index (χ1v) is 7.97. The van der Waals surface area contributed by atoms with Crippen LogP contribution in [0.25, 0.3) is 0 Å². The van der Waals surface area contributed by atoms with Crippen molar-refractivity contribution in [2.45, 2.75) is 25.4 Å². The van der Waals surface area contributed by atoms with Crippen LogP contribution < -0.4 is 5.32 Å². The van der Waals surface area contributed by atoms with Gasteiger partial charge in [-0.3, -0.25) is 9.59 Å². The largest absolute Gasteiger partial charge is 0.467 e. The number of hydrogen-bond acceptors (Lipinski definition) is 3. The molecule has 23 heavy (non-hydrogen) atoms. The van der Waals surface area contributed by atoms with E-state index in [-0.39, 0.29) is 27.7 Å². The number of nitrogens with one attached hydrogen (secondary N) is 2. The van der Waals surface area contributed by atoms with Gasteiger partial charge in [0.1, 0.15) is 22.6 Å². The van der Waals surface area contributed by atoms with Crippen LogP contribution >= 0.6 is 23.2 Å². The molecule has 8 heteroatoms. The van der Waals surface area contributed by atoms with Crippen molar-refractivity contribution >= 4 is 35.0 Å². The number of aromatic nitrogens is 1. The van der Waals surface area contributed by atoms with Crippen LogP contribution in [0.5, 0.6) is 0 Å². The Bertz CT molecular complexity index is 692. The minimum absolute atomic E-state index is 0.198. The van der Waals surface area contributed by atoms with Gasteiger partial charge in [-0.2, -0.15) is 0 Å². The Balaban J connectivity index is 1.67. The molecule has 6 nitrogen and oxygen atoms in total. The van der Waals surface area contributed by atoms with Gasteiger partial charge in [-0.25, -0.2) is 0 Å². The van der Waals surface area contributed by atoms with Gasteiger partial charge in [0.2, 0.25) is 5.91 Å². The number of amides is 2. The van der Waals surface area contributed by atoms with Crippen molar-refractivity contribution in [1.82, 2.24) is 15.2 Å². The first-order chi connectivity index (χ1) is 11.1. The average molecular weight is 356 g/mol. The minimum Gasteiger partial charge on any atom is -0.467 e. The fourth-order valence-corrected chi connectivity index (χ4v) is 2.97. The number of carbonyl (C=O) groups is 2. The second kappa shape index (κ2) is 6.68. The maximum Gasteiger partial charge on any atom is 0.271 e. The molecular weight excluding hydrogens is 341 g/mol. The highest BCUT2D eigenvalue weighted by Gasteiger charge is 2.35. The summed E-state index contributed by atoms with van der Waals surface area (Å²) in [5.41, 5.74) is 0.283. The number of hydrogen-bond donors (Lipinski definition) is 2. The van der Waals surface area contributed by atoms with Gasteiger partial charge in [0.25, 0.3) is 5.91 Å². The molecule has 0 radical (unpaired) electrons. The van der Waals surface area contributed by atoms with Crippen LogP contribution in [0, 0.1) is 0 Å². The minimum atomic E-state index is -0.502. The van der Waals surface area contributed by atoms with E-state index in [2.05, 4.69) is 10.3 Å². The Hall–Kier alpha value is -1.92. The van der Waals surface area contributed by atoms with E-state index in [0.29, 0.717) is 25.3 Å². The molecule has 1 aliphatic rings. The molecule has 0 bridgehead atoms. The zero-order chi connectivity index (χ0) is 16.4. The summed E-state index contributed by atoms with van der Waals surface area (Å²) in [6.45, 7) is 0.816. The van der Waals surface area contributed by atoms with Gasteiger partial charge in [-0.15, -0.1) is 0 Å². The Kier molecular flexibility index (Phi) is 4.63. The fraction of sp³-hybridized carbons (Fsp3) is 0.333. The summed E-state index contributed by atoms with van der Waals surface area (Å²) < 4.78 is 5.18. The van der Waals surface area contributed by atoms with Crippen molar-refractivity contribution in [3.63, 3.8) is 0 Å². The standard InChI is InChI=1S/C15H15Cl2N3O3/c16-10-7-11(19-13(10)17)15(22)20-5-1-4-12(20)14(21)18-8-9-3-2-6-23-9/h2-3,6-7,12,19H,1,4-5,8H2,(H,18,21). The normalized spacial score (nSPS) is 17.5. The predicted molar refractivity (Wildman–Crippen MR) is 85.4 cm³/mol. The molecule has 1 saturated heterocycles. The number of aromatic amines is 1. The Morgan fingerprint density at radius 3 is 2.91 bits per heavy atom. The SMILES string of the molecule is O=C(NCc1ccco1)C1CCCN1C(=O)c1cc(Cl)c(Cl)[nH]1. The Labute approximate surface area is 142 Å². The molecule has 2 amide bonds. The molecule has 122 valence electrons. The molecule has 2 aromatic rings.